The average Bonchev–Trinajstić information content (AvgIpc) is 3.32. The molecule has 0 bridgehead atoms. The quantitative estimate of drug-likeness (QED) is 0.440. The van der Waals surface area contributed by atoms with Crippen molar-refractivity contribution in [3.63, 3.8) is 0 Å². The lowest BCUT2D eigenvalue weighted by Gasteiger charge is -2.07. The minimum Gasteiger partial charge on any atom is -0.454 e. The first-order valence-electron chi connectivity index (χ1n) is 8.69. The second-order valence-corrected chi connectivity index (χ2v) is 7.38. The van der Waals surface area contributed by atoms with Crippen LogP contribution in [0.1, 0.15) is 12.5 Å². The molecular weight excluding hydrogens is 394 g/mol. The van der Waals surface area contributed by atoms with E-state index >= 15 is 0 Å². The molecule has 0 saturated carbocycles. The molecule has 0 unspecified atom stereocenters. The van der Waals surface area contributed by atoms with Crippen molar-refractivity contribution in [3.8, 4) is 22.8 Å². The van der Waals surface area contributed by atoms with Gasteiger partial charge < -0.3 is 9.47 Å². The molecule has 142 valence electrons. The SMILES string of the molecule is C=CCN=c1scc(-c2cccc(Cl)c2)n1N=C(C)c1ccc2c(c1)OCO2. The van der Waals surface area contributed by atoms with E-state index in [1.54, 1.807) is 6.08 Å². The van der Waals surface area contributed by atoms with Gasteiger partial charge in [-0.3, -0.25) is 4.99 Å². The molecule has 0 atom stereocenters. The molecule has 2 heterocycles. The topological polar surface area (TPSA) is 48.1 Å². The molecule has 0 saturated heterocycles. The fourth-order valence-corrected chi connectivity index (χ4v) is 3.85. The van der Waals surface area contributed by atoms with Gasteiger partial charge in [-0.2, -0.15) is 5.10 Å². The van der Waals surface area contributed by atoms with Gasteiger partial charge in [0.05, 0.1) is 18.0 Å². The molecule has 28 heavy (non-hydrogen) atoms. The van der Waals surface area contributed by atoms with Crippen LogP contribution in [0.5, 0.6) is 11.5 Å². The fraction of sp³-hybridized carbons (Fsp3) is 0.143. The molecule has 1 aliphatic heterocycles. The number of thiazole rings is 1. The Balaban J connectivity index is 1.82. The molecule has 4 rings (SSSR count). The van der Waals surface area contributed by atoms with Crippen LogP contribution in [-0.2, 0) is 0 Å². The lowest BCUT2D eigenvalue weighted by atomic mass is 10.1. The molecule has 7 heteroatoms. The van der Waals surface area contributed by atoms with Crippen LogP contribution in [0.4, 0.5) is 0 Å². The van der Waals surface area contributed by atoms with E-state index in [-0.39, 0.29) is 6.79 Å². The Morgan fingerprint density at radius 3 is 2.93 bits per heavy atom. The van der Waals surface area contributed by atoms with Crippen LogP contribution in [0, 0.1) is 0 Å². The third-order valence-corrected chi connectivity index (χ3v) is 5.29. The normalized spacial score (nSPS) is 13.8. The summed E-state index contributed by atoms with van der Waals surface area (Å²) in [5.74, 6) is 1.48. The van der Waals surface area contributed by atoms with Gasteiger partial charge in [0.25, 0.3) is 0 Å². The molecule has 0 radical (unpaired) electrons. The average molecular weight is 412 g/mol. The summed E-state index contributed by atoms with van der Waals surface area (Å²) in [6, 6.07) is 13.5. The highest BCUT2D eigenvalue weighted by atomic mass is 35.5. The highest BCUT2D eigenvalue weighted by Gasteiger charge is 2.15. The van der Waals surface area contributed by atoms with Crippen molar-refractivity contribution in [2.45, 2.75) is 6.92 Å². The van der Waals surface area contributed by atoms with Crippen molar-refractivity contribution in [3.05, 3.63) is 75.9 Å². The third-order valence-electron chi connectivity index (χ3n) is 4.20. The lowest BCUT2D eigenvalue weighted by molar-refractivity contribution is 0.174. The summed E-state index contributed by atoms with van der Waals surface area (Å²) in [6.07, 6.45) is 1.76. The maximum atomic E-state index is 6.19. The van der Waals surface area contributed by atoms with E-state index in [1.807, 2.05) is 59.4 Å². The number of nitrogens with zero attached hydrogens (tertiary/aromatic N) is 3. The molecule has 5 nitrogen and oxygen atoms in total. The molecular formula is C21H18ClN3O2S. The second kappa shape index (κ2) is 8.04. The van der Waals surface area contributed by atoms with Gasteiger partial charge in [-0.1, -0.05) is 29.8 Å². The maximum absolute atomic E-state index is 6.19. The zero-order chi connectivity index (χ0) is 19.5. The number of hydrogen-bond acceptors (Lipinski definition) is 5. The van der Waals surface area contributed by atoms with E-state index in [2.05, 4.69) is 11.6 Å². The molecule has 3 aromatic rings. The molecule has 0 amide bonds. The number of aromatic nitrogens is 1. The molecule has 1 aliphatic rings. The molecule has 1 aromatic heterocycles. The highest BCUT2D eigenvalue weighted by molar-refractivity contribution is 7.07. The van der Waals surface area contributed by atoms with Crippen molar-refractivity contribution in [2.24, 2.45) is 10.1 Å². The number of benzene rings is 2. The molecule has 0 N–H and O–H groups in total. The van der Waals surface area contributed by atoms with E-state index in [1.165, 1.54) is 11.3 Å². The van der Waals surface area contributed by atoms with Crippen molar-refractivity contribution in [1.82, 2.24) is 4.68 Å². The van der Waals surface area contributed by atoms with E-state index in [0.717, 1.165) is 38.8 Å². The number of hydrogen-bond donors (Lipinski definition) is 0. The van der Waals surface area contributed by atoms with Crippen molar-refractivity contribution >= 4 is 28.6 Å². The smallest absolute Gasteiger partial charge is 0.231 e. The van der Waals surface area contributed by atoms with Crippen molar-refractivity contribution < 1.29 is 9.47 Å². The summed E-state index contributed by atoms with van der Waals surface area (Å²) in [5, 5.41) is 7.56. The maximum Gasteiger partial charge on any atom is 0.231 e. The van der Waals surface area contributed by atoms with E-state index in [9.17, 15) is 0 Å². The predicted molar refractivity (Wildman–Crippen MR) is 114 cm³/mol. The van der Waals surface area contributed by atoms with E-state index in [4.69, 9.17) is 26.2 Å². The minimum absolute atomic E-state index is 0.248. The number of fused-ring (bicyclic) bond motifs is 1. The first-order chi connectivity index (χ1) is 13.7. The Labute approximate surface area is 171 Å². The summed E-state index contributed by atoms with van der Waals surface area (Å²) < 4.78 is 12.7. The molecule has 2 aromatic carbocycles. The van der Waals surface area contributed by atoms with Gasteiger partial charge >= 0.3 is 0 Å². The van der Waals surface area contributed by atoms with Crippen LogP contribution in [0.25, 0.3) is 11.3 Å². The number of ether oxygens (including phenoxy) is 2. The summed E-state index contributed by atoms with van der Waals surface area (Å²) >= 11 is 7.72. The van der Waals surface area contributed by atoms with Crippen molar-refractivity contribution in [1.29, 1.82) is 0 Å². The summed E-state index contributed by atoms with van der Waals surface area (Å²) in [5.41, 5.74) is 3.69. The van der Waals surface area contributed by atoms with E-state index in [0.29, 0.717) is 11.6 Å². The zero-order valence-corrected chi connectivity index (χ0v) is 16.8. The van der Waals surface area contributed by atoms with Gasteiger partial charge in [-0.25, -0.2) is 4.68 Å². The van der Waals surface area contributed by atoms with E-state index < -0.39 is 0 Å². The largest absolute Gasteiger partial charge is 0.454 e. The summed E-state index contributed by atoms with van der Waals surface area (Å²) in [4.78, 5) is 5.36. The van der Waals surface area contributed by atoms with Gasteiger partial charge in [-0.15, -0.1) is 17.9 Å². The van der Waals surface area contributed by atoms with Crippen LogP contribution in [0.3, 0.4) is 0 Å². The van der Waals surface area contributed by atoms with Crippen LogP contribution in [0.2, 0.25) is 5.02 Å². The van der Waals surface area contributed by atoms with Crippen LogP contribution >= 0.6 is 22.9 Å². The summed E-state index contributed by atoms with van der Waals surface area (Å²) in [7, 11) is 0. The Morgan fingerprint density at radius 1 is 1.25 bits per heavy atom. The molecule has 0 fully saturated rings. The Kier molecular flexibility index (Phi) is 5.32. The Hall–Kier alpha value is -2.83. The molecule has 0 aliphatic carbocycles. The monoisotopic (exact) mass is 411 g/mol. The van der Waals surface area contributed by atoms with Crippen LogP contribution in [-0.4, -0.2) is 23.7 Å². The van der Waals surface area contributed by atoms with Crippen LogP contribution in [0.15, 0.2) is 70.6 Å². The lowest BCUT2D eigenvalue weighted by Crippen LogP contribution is -2.14. The van der Waals surface area contributed by atoms with Gasteiger partial charge in [0, 0.05) is 21.5 Å². The van der Waals surface area contributed by atoms with Crippen LogP contribution < -0.4 is 14.3 Å². The number of halogens is 1. The predicted octanol–water partition coefficient (Wildman–Crippen LogP) is 4.96. The Morgan fingerprint density at radius 2 is 2.11 bits per heavy atom. The summed E-state index contributed by atoms with van der Waals surface area (Å²) in [6.45, 7) is 6.48. The standard InChI is InChI=1S/C21H18ClN3O2S/c1-3-9-23-21-25(18(12-28-21)16-5-4-6-17(22)10-16)24-14(2)15-7-8-19-20(11-15)27-13-26-19/h3-8,10-12H,1,9,13H2,2H3. The van der Waals surface area contributed by atoms with Gasteiger partial charge in [0.1, 0.15) is 0 Å². The highest BCUT2D eigenvalue weighted by Crippen LogP contribution is 2.32. The van der Waals surface area contributed by atoms with Gasteiger partial charge in [-0.05, 0) is 37.3 Å². The first kappa shape index (κ1) is 18.5. The van der Waals surface area contributed by atoms with Gasteiger partial charge in [0.2, 0.25) is 11.6 Å². The molecule has 0 spiro atoms. The number of rotatable bonds is 5. The fourth-order valence-electron chi connectivity index (χ4n) is 2.82. The second-order valence-electron chi connectivity index (χ2n) is 6.11. The van der Waals surface area contributed by atoms with Gasteiger partial charge in [0.15, 0.2) is 11.5 Å². The first-order valence-corrected chi connectivity index (χ1v) is 9.95. The zero-order valence-electron chi connectivity index (χ0n) is 15.3. The Bertz CT molecular complexity index is 1130. The van der Waals surface area contributed by atoms with Crippen molar-refractivity contribution in [2.75, 3.05) is 13.3 Å². The minimum atomic E-state index is 0.248. The third kappa shape index (κ3) is 3.74.